The largest absolute Gasteiger partial charge is 0.345 e. The van der Waals surface area contributed by atoms with Gasteiger partial charge in [-0.1, -0.05) is 11.7 Å². The van der Waals surface area contributed by atoms with Crippen LogP contribution in [0.5, 0.6) is 0 Å². The van der Waals surface area contributed by atoms with Crippen LogP contribution < -0.4 is 0 Å². The molecule has 1 N–H and O–H groups in total. The van der Waals surface area contributed by atoms with Crippen LogP contribution in [0.15, 0.2) is 0 Å². The van der Waals surface area contributed by atoms with Gasteiger partial charge in [-0.05, 0) is 6.26 Å². The highest BCUT2D eigenvalue weighted by atomic mass is 32.2. The van der Waals surface area contributed by atoms with Gasteiger partial charge in [0.1, 0.15) is 0 Å². The van der Waals surface area contributed by atoms with E-state index in [1.807, 2.05) is 0 Å². The van der Waals surface area contributed by atoms with E-state index in [1.165, 1.54) is 0 Å². The Labute approximate surface area is 32.9 Å². The molecule has 5 heavy (non-hydrogen) atoms. The molecule has 32 valence electrons. The second kappa shape index (κ2) is 1.03. The van der Waals surface area contributed by atoms with Crippen molar-refractivity contribution in [3.05, 3.63) is 0 Å². The average Bonchev–Trinajstić information content (AvgIpc) is 0.722. The molecule has 0 radical (unpaired) electrons. The minimum Gasteiger partial charge on any atom is -0.345 e. The van der Waals surface area contributed by atoms with E-state index in [4.69, 9.17) is 4.55 Å². The topological polar surface area (TPSA) is 20.2 Å². The molecular formula is C3H8OS. The lowest BCUT2D eigenvalue weighted by molar-refractivity contribution is 0.663. The molecule has 0 heterocycles. The molecule has 0 rings (SSSR count). The summed E-state index contributed by atoms with van der Waals surface area (Å²) in [6.45, 7) is 0. The van der Waals surface area contributed by atoms with Crippen molar-refractivity contribution in [2.75, 3.05) is 6.26 Å². The van der Waals surface area contributed by atoms with Gasteiger partial charge >= 0.3 is 0 Å². The minimum atomic E-state index is -1.67. The fourth-order valence-corrected chi connectivity index (χ4v) is 0. The molecular weight excluding hydrogens is 84.1 g/mol. The standard InChI is InChI=1S/C3H8OS/c1-5(2,3)4/h4H,1-2H2,3H3. The first-order valence-electron chi connectivity index (χ1n) is 1.17. The van der Waals surface area contributed by atoms with Gasteiger partial charge in [-0.25, -0.2) is 0 Å². The van der Waals surface area contributed by atoms with E-state index < -0.39 is 9.49 Å². The van der Waals surface area contributed by atoms with Crippen molar-refractivity contribution in [2.24, 2.45) is 0 Å². The van der Waals surface area contributed by atoms with Gasteiger partial charge in [0.15, 0.2) is 0 Å². The minimum absolute atomic E-state index is 1.60. The Morgan fingerprint density at radius 3 is 1.60 bits per heavy atom. The van der Waals surface area contributed by atoms with Gasteiger partial charge in [-0.2, -0.15) is 0 Å². The Kier molecular flexibility index (Phi) is 1.04. The molecule has 0 aliphatic carbocycles. The quantitative estimate of drug-likeness (QED) is 0.437. The van der Waals surface area contributed by atoms with Crippen LogP contribution in [0.2, 0.25) is 0 Å². The molecule has 0 aromatic heterocycles. The van der Waals surface area contributed by atoms with Crippen LogP contribution in [0, 0.1) is 0 Å². The Bertz CT molecular complexity index is 90.1. The summed E-state index contributed by atoms with van der Waals surface area (Å²) < 4.78 is 8.38. The normalized spacial score (nSPS) is 11.6. The lowest BCUT2D eigenvalue weighted by atomic mass is 11.9. The van der Waals surface area contributed by atoms with Crippen molar-refractivity contribution < 1.29 is 4.55 Å². The van der Waals surface area contributed by atoms with E-state index in [0.717, 1.165) is 0 Å². The van der Waals surface area contributed by atoms with Gasteiger partial charge in [-0.3, -0.25) is 0 Å². The van der Waals surface area contributed by atoms with Crippen molar-refractivity contribution in [1.82, 2.24) is 0 Å². The molecule has 2 heteroatoms. The predicted molar refractivity (Wildman–Crippen MR) is 30.4 cm³/mol. The highest BCUT2D eigenvalue weighted by Crippen LogP contribution is 1.99. The van der Waals surface area contributed by atoms with Gasteiger partial charge in [-0.15, -0.1) is 9.49 Å². The molecule has 0 spiro atoms. The zero-order valence-corrected chi connectivity index (χ0v) is 4.09. The number of rotatable bonds is 0. The first-order valence-corrected chi connectivity index (χ1v) is 3.50. The Hall–Kier alpha value is 0.0500. The van der Waals surface area contributed by atoms with Gasteiger partial charge in [0.05, 0.1) is 0 Å². The molecule has 0 aromatic carbocycles. The molecule has 0 amide bonds. The highest BCUT2D eigenvalue weighted by molar-refractivity contribution is 8.22. The predicted octanol–water partition coefficient (Wildman–Crippen LogP) is 0.758. The Morgan fingerprint density at radius 1 is 1.60 bits per heavy atom. The number of hydrogen-bond donors (Lipinski definition) is 1. The average molecular weight is 92.2 g/mol. The summed E-state index contributed by atoms with van der Waals surface area (Å²) in [5.74, 6) is 6.60. The summed E-state index contributed by atoms with van der Waals surface area (Å²) in [6, 6.07) is 0. The van der Waals surface area contributed by atoms with Crippen LogP contribution >= 0.6 is 9.49 Å². The molecule has 0 aliphatic rings. The molecule has 0 fully saturated rings. The summed E-state index contributed by atoms with van der Waals surface area (Å²) in [5, 5.41) is 0. The summed E-state index contributed by atoms with van der Waals surface area (Å²) >= 11 is 0. The Morgan fingerprint density at radius 2 is 1.60 bits per heavy atom. The van der Waals surface area contributed by atoms with Crippen LogP contribution in [-0.4, -0.2) is 22.5 Å². The van der Waals surface area contributed by atoms with Gasteiger partial charge in [0, 0.05) is 0 Å². The molecule has 0 aliphatic heterocycles. The maximum atomic E-state index is 8.38. The van der Waals surface area contributed by atoms with Crippen LogP contribution in [-0.2, 0) is 0 Å². The van der Waals surface area contributed by atoms with Gasteiger partial charge in [0.25, 0.3) is 0 Å². The Balaban J connectivity index is 4.06. The first kappa shape index (κ1) is 5.05. The molecule has 0 aromatic rings. The third-order valence-corrected chi connectivity index (χ3v) is 0. The van der Waals surface area contributed by atoms with E-state index in [1.54, 1.807) is 6.26 Å². The van der Waals surface area contributed by atoms with Crippen LogP contribution in [0.1, 0.15) is 0 Å². The molecule has 0 saturated heterocycles. The molecule has 0 bridgehead atoms. The van der Waals surface area contributed by atoms with Gasteiger partial charge < -0.3 is 4.55 Å². The lowest BCUT2D eigenvalue weighted by Gasteiger charge is -1.86. The maximum Gasteiger partial charge on any atom is -0.00667 e. The lowest BCUT2D eigenvalue weighted by Crippen LogP contribution is -1.59. The van der Waals surface area contributed by atoms with Crippen LogP contribution in [0.3, 0.4) is 0 Å². The van der Waals surface area contributed by atoms with Crippen LogP contribution in [0.25, 0.3) is 0 Å². The fraction of sp³-hybridized carbons (Fsp3) is 0.333. The van der Waals surface area contributed by atoms with E-state index in [-0.39, 0.29) is 0 Å². The van der Waals surface area contributed by atoms with E-state index in [2.05, 4.69) is 11.7 Å². The summed E-state index contributed by atoms with van der Waals surface area (Å²) in [4.78, 5) is 0. The molecule has 0 unspecified atom stereocenters. The summed E-state index contributed by atoms with van der Waals surface area (Å²) in [7, 11) is -1.67. The molecule has 1 nitrogen and oxygen atoms in total. The molecule has 0 saturated carbocycles. The van der Waals surface area contributed by atoms with Gasteiger partial charge in [0.2, 0.25) is 0 Å². The first-order chi connectivity index (χ1) is 2.00. The second-order valence-electron chi connectivity index (χ2n) is 1.22. The van der Waals surface area contributed by atoms with E-state index in [0.29, 0.717) is 0 Å². The van der Waals surface area contributed by atoms with Crippen molar-refractivity contribution in [2.45, 2.75) is 0 Å². The summed E-state index contributed by atoms with van der Waals surface area (Å²) in [5.41, 5.74) is 0. The third kappa shape index (κ3) is 6810. The van der Waals surface area contributed by atoms with Crippen molar-refractivity contribution >= 4 is 21.2 Å². The van der Waals surface area contributed by atoms with E-state index in [9.17, 15) is 0 Å². The SMILES string of the molecule is C=S(=C)(C)O. The smallest absolute Gasteiger partial charge is 0.00667 e. The second-order valence-corrected chi connectivity index (χ2v) is 3.67. The highest BCUT2D eigenvalue weighted by Gasteiger charge is 1.61. The zero-order valence-electron chi connectivity index (χ0n) is 3.27. The third-order valence-electron chi connectivity index (χ3n) is 0. The fourth-order valence-electron chi connectivity index (χ4n) is 0. The zero-order chi connectivity index (χ0) is 4.50. The number of hydrogen-bond acceptors (Lipinski definition) is 1. The maximum absolute atomic E-state index is 8.38. The van der Waals surface area contributed by atoms with E-state index >= 15 is 0 Å². The van der Waals surface area contributed by atoms with Crippen LogP contribution in [0.4, 0.5) is 0 Å². The monoisotopic (exact) mass is 92.0 g/mol. The molecule has 0 atom stereocenters. The van der Waals surface area contributed by atoms with Crippen molar-refractivity contribution in [3.63, 3.8) is 0 Å². The summed E-state index contributed by atoms with van der Waals surface area (Å²) in [6.07, 6.45) is 1.60. The van der Waals surface area contributed by atoms with Crippen molar-refractivity contribution in [3.8, 4) is 0 Å². The van der Waals surface area contributed by atoms with Crippen molar-refractivity contribution in [1.29, 1.82) is 0 Å².